The van der Waals surface area contributed by atoms with Crippen LogP contribution in [0.2, 0.25) is 0 Å². The molecule has 0 heterocycles. The third-order valence-corrected chi connectivity index (χ3v) is 4.11. The molecule has 1 fully saturated rings. The average Bonchev–Trinajstić information content (AvgIpc) is 2.06. The van der Waals surface area contributed by atoms with Crippen LogP contribution in [0.3, 0.4) is 0 Å². The van der Waals surface area contributed by atoms with E-state index in [1.165, 1.54) is 25.8 Å². The van der Waals surface area contributed by atoms with E-state index in [1.54, 1.807) is 0 Å². The molecule has 0 aromatic rings. The van der Waals surface area contributed by atoms with Crippen molar-refractivity contribution in [3.8, 4) is 0 Å². The third kappa shape index (κ3) is 3.48. The van der Waals surface area contributed by atoms with Crippen LogP contribution in [0.4, 0.5) is 0 Å². The molecule has 0 aromatic heterocycles. The summed E-state index contributed by atoms with van der Waals surface area (Å²) in [7, 11) is 2.08. The summed E-state index contributed by atoms with van der Waals surface area (Å²) in [6, 6.07) is 0. The van der Waals surface area contributed by atoms with Gasteiger partial charge < -0.3 is 5.32 Å². The van der Waals surface area contributed by atoms with Crippen molar-refractivity contribution in [3.05, 3.63) is 0 Å². The van der Waals surface area contributed by atoms with Gasteiger partial charge in [-0.1, -0.05) is 34.6 Å². The molecule has 0 amide bonds. The van der Waals surface area contributed by atoms with Crippen molar-refractivity contribution >= 4 is 0 Å². The summed E-state index contributed by atoms with van der Waals surface area (Å²) in [5.74, 6) is 1.75. The molecule has 0 spiro atoms. The second kappa shape index (κ2) is 4.45. The fourth-order valence-corrected chi connectivity index (χ4v) is 3.16. The fourth-order valence-electron chi connectivity index (χ4n) is 3.16. The summed E-state index contributed by atoms with van der Waals surface area (Å²) in [5, 5.41) is 3.37. The van der Waals surface area contributed by atoms with Crippen molar-refractivity contribution in [2.24, 2.45) is 22.7 Å². The largest absolute Gasteiger partial charge is 0.319 e. The normalized spacial score (nSPS) is 31.6. The molecule has 90 valence electrons. The van der Waals surface area contributed by atoms with E-state index in [4.69, 9.17) is 0 Å². The van der Waals surface area contributed by atoms with Gasteiger partial charge in [-0.15, -0.1) is 0 Å². The Morgan fingerprint density at radius 3 is 2.33 bits per heavy atom. The molecule has 0 radical (unpaired) electrons. The van der Waals surface area contributed by atoms with E-state index in [2.05, 4.69) is 47.0 Å². The van der Waals surface area contributed by atoms with E-state index in [-0.39, 0.29) is 0 Å². The van der Waals surface area contributed by atoms with Crippen LogP contribution in [0, 0.1) is 22.7 Å². The van der Waals surface area contributed by atoms with Crippen LogP contribution in [0.25, 0.3) is 0 Å². The maximum Gasteiger partial charge on any atom is -0.00207 e. The van der Waals surface area contributed by atoms with Gasteiger partial charge in [-0.25, -0.2) is 0 Å². The zero-order valence-electron chi connectivity index (χ0n) is 11.5. The lowest BCUT2D eigenvalue weighted by atomic mass is 9.59. The number of hydrogen-bond acceptors (Lipinski definition) is 1. The van der Waals surface area contributed by atoms with Gasteiger partial charge in [0.15, 0.2) is 0 Å². The smallest absolute Gasteiger partial charge is 0.00207 e. The van der Waals surface area contributed by atoms with Crippen LogP contribution in [-0.4, -0.2) is 13.6 Å². The average molecular weight is 211 g/mol. The predicted octanol–water partition coefficient (Wildman–Crippen LogP) is 3.69. The first-order valence-corrected chi connectivity index (χ1v) is 6.41. The molecule has 2 unspecified atom stereocenters. The van der Waals surface area contributed by atoms with Gasteiger partial charge in [-0.3, -0.25) is 0 Å². The Morgan fingerprint density at radius 1 is 1.27 bits per heavy atom. The van der Waals surface area contributed by atoms with Gasteiger partial charge >= 0.3 is 0 Å². The van der Waals surface area contributed by atoms with E-state index >= 15 is 0 Å². The summed E-state index contributed by atoms with van der Waals surface area (Å²) < 4.78 is 0. The molecule has 1 aliphatic carbocycles. The lowest BCUT2D eigenvalue weighted by molar-refractivity contribution is 0.0407. The Labute approximate surface area is 96.0 Å². The van der Waals surface area contributed by atoms with Gasteiger partial charge in [-0.2, -0.15) is 0 Å². The number of hydrogen-bond donors (Lipinski definition) is 1. The topological polar surface area (TPSA) is 12.0 Å². The van der Waals surface area contributed by atoms with Crippen LogP contribution < -0.4 is 5.32 Å². The predicted molar refractivity (Wildman–Crippen MR) is 68.0 cm³/mol. The van der Waals surface area contributed by atoms with Crippen LogP contribution >= 0.6 is 0 Å². The first kappa shape index (κ1) is 13.0. The maximum atomic E-state index is 3.37. The van der Waals surface area contributed by atoms with Crippen molar-refractivity contribution in [2.75, 3.05) is 13.6 Å². The van der Waals surface area contributed by atoms with E-state index in [0.717, 1.165) is 11.8 Å². The second-order valence-corrected chi connectivity index (χ2v) is 7.20. The molecule has 0 bridgehead atoms. The van der Waals surface area contributed by atoms with Crippen molar-refractivity contribution in [2.45, 2.75) is 53.9 Å². The molecule has 0 aromatic carbocycles. The Bertz CT molecular complexity index is 200. The summed E-state index contributed by atoms with van der Waals surface area (Å²) in [6.07, 6.45) is 4.19. The highest BCUT2D eigenvalue weighted by atomic mass is 14.8. The molecular weight excluding hydrogens is 182 g/mol. The Kier molecular flexibility index (Phi) is 3.86. The van der Waals surface area contributed by atoms with Crippen molar-refractivity contribution < 1.29 is 0 Å². The van der Waals surface area contributed by atoms with Crippen molar-refractivity contribution in [1.29, 1.82) is 0 Å². The molecule has 2 atom stereocenters. The minimum atomic E-state index is 0.458. The maximum absolute atomic E-state index is 3.37. The minimum Gasteiger partial charge on any atom is -0.319 e. The highest BCUT2D eigenvalue weighted by molar-refractivity contribution is 4.91. The lowest BCUT2D eigenvalue weighted by Crippen LogP contribution is -2.41. The van der Waals surface area contributed by atoms with Crippen LogP contribution in [0.1, 0.15) is 53.9 Å². The van der Waals surface area contributed by atoms with Crippen molar-refractivity contribution in [3.63, 3.8) is 0 Å². The molecule has 1 rings (SSSR count). The molecule has 0 aliphatic heterocycles. The summed E-state index contributed by atoms with van der Waals surface area (Å²) in [6.45, 7) is 13.3. The van der Waals surface area contributed by atoms with Crippen molar-refractivity contribution in [1.82, 2.24) is 5.32 Å². The molecule has 1 N–H and O–H groups in total. The number of nitrogens with one attached hydrogen (secondary N) is 1. The Hall–Kier alpha value is -0.0400. The van der Waals surface area contributed by atoms with Gasteiger partial charge in [0.25, 0.3) is 0 Å². The van der Waals surface area contributed by atoms with E-state index in [9.17, 15) is 0 Å². The highest BCUT2D eigenvalue weighted by Gasteiger charge is 2.40. The first-order chi connectivity index (χ1) is 6.76. The minimum absolute atomic E-state index is 0.458. The van der Waals surface area contributed by atoms with Crippen LogP contribution in [0.5, 0.6) is 0 Å². The molecule has 0 saturated heterocycles. The SMILES string of the molecule is CNCC1CCC(C)(C)CC1C(C)(C)C. The van der Waals surface area contributed by atoms with E-state index in [0.29, 0.717) is 10.8 Å². The zero-order valence-corrected chi connectivity index (χ0v) is 11.5. The molecule has 1 heteroatoms. The summed E-state index contributed by atoms with van der Waals surface area (Å²) in [5.41, 5.74) is 1.02. The molecular formula is C14H29N. The highest BCUT2D eigenvalue weighted by Crippen LogP contribution is 2.48. The van der Waals surface area contributed by atoms with Gasteiger partial charge in [0.1, 0.15) is 0 Å². The van der Waals surface area contributed by atoms with Gasteiger partial charge in [0.05, 0.1) is 0 Å². The zero-order chi connectivity index (χ0) is 11.7. The van der Waals surface area contributed by atoms with Crippen LogP contribution in [-0.2, 0) is 0 Å². The second-order valence-electron chi connectivity index (χ2n) is 7.20. The van der Waals surface area contributed by atoms with Crippen LogP contribution in [0.15, 0.2) is 0 Å². The van der Waals surface area contributed by atoms with E-state index in [1.807, 2.05) is 0 Å². The Morgan fingerprint density at radius 2 is 1.87 bits per heavy atom. The molecule has 15 heavy (non-hydrogen) atoms. The lowest BCUT2D eigenvalue weighted by Gasteiger charge is -2.47. The van der Waals surface area contributed by atoms with Gasteiger partial charge in [-0.05, 0) is 55.5 Å². The first-order valence-electron chi connectivity index (χ1n) is 6.41. The summed E-state index contributed by atoms with van der Waals surface area (Å²) >= 11 is 0. The third-order valence-electron chi connectivity index (χ3n) is 4.11. The summed E-state index contributed by atoms with van der Waals surface area (Å²) in [4.78, 5) is 0. The van der Waals surface area contributed by atoms with Gasteiger partial charge in [0, 0.05) is 0 Å². The quantitative estimate of drug-likeness (QED) is 0.734. The Balaban J connectivity index is 2.74. The monoisotopic (exact) mass is 211 g/mol. The molecule has 1 nitrogen and oxygen atoms in total. The fraction of sp³-hybridized carbons (Fsp3) is 1.00. The van der Waals surface area contributed by atoms with E-state index < -0.39 is 0 Å². The standard InChI is InChI=1S/C14H29N/c1-13(2,3)12-9-14(4,5)8-7-11(12)10-15-6/h11-12,15H,7-10H2,1-6H3. The molecule has 1 saturated carbocycles. The molecule has 1 aliphatic rings. The number of rotatable bonds is 2. The van der Waals surface area contributed by atoms with Gasteiger partial charge in [0.2, 0.25) is 0 Å².